The maximum Gasteiger partial charge on any atom is 0.306 e. The van der Waals surface area contributed by atoms with Crippen molar-refractivity contribution in [3.8, 4) is 5.75 Å². The Morgan fingerprint density at radius 1 is 1.60 bits per heavy atom. The number of benzene rings is 1. The van der Waals surface area contributed by atoms with E-state index in [-0.39, 0.29) is 5.92 Å². The van der Waals surface area contributed by atoms with Gasteiger partial charge in [0.2, 0.25) is 0 Å². The summed E-state index contributed by atoms with van der Waals surface area (Å²) in [4.78, 5) is 10.7. The summed E-state index contributed by atoms with van der Waals surface area (Å²) >= 11 is 3.34. The van der Waals surface area contributed by atoms with Gasteiger partial charge in [-0.25, -0.2) is 0 Å². The van der Waals surface area contributed by atoms with Crippen molar-refractivity contribution in [1.29, 1.82) is 0 Å². The van der Waals surface area contributed by atoms with Crippen LogP contribution in [-0.2, 0) is 11.2 Å². The second-order valence-electron chi connectivity index (χ2n) is 3.41. The minimum absolute atomic E-state index is 0.379. The fourth-order valence-electron chi connectivity index (χ4n) is 1.27. The minimum atomic E-state index is -0.781. The van der Waals surface area contributed by atoms with Gasteiger partial charge in [-0.05, 0) is 40.0 Å². The first kappa shape index (κ1) is 12.0. The van der Waals surface area contributed by atoms with E-state index in [4.69, 9.17) is 9.84 Å². The lowest BCUT2D eigenvalue weighted by molar-refractivity contribution is -0.141. The van der Waals surface area contributed by atoms with Crippen LogP contribution in [0.5, 0.6) is 5.75 Å². The highest BCUT2D eigenvalue weighted by Crippen LogP contribution is 2.26. The zero-order valence-electron chi connectivity index (χ0n) is 8.66. The van der Waals surface area contributed by atoms with E-state index in [2.05, 4.69) is 15.9 Å². The van der Waals surface area contributed by atoms with Crippen molar-refractivity contribution in [2.75, 3.05) is 7.11 Å². The van der Waals surface area contributed by atoms with Gasteiger partial charge in [0.05, 0.1) is 17.5 Å². The molecular weight excluding hydrogens is 260 g/mol. The molecule has 0 amide bonds. The van der Waals surface area contributed by atoms with Crippen molar-refractivity contribution in [2.45, 2.75) is 13.3 Å². The first-order valence-electron chi connectivity index (χ1n) is 4.59. The summed E-state index contributed by atoms with van der Waals surface area (Å²) in [6, 6.07) is 5.61. The minimum Gasteiger partial charge on any atom is -0.496 e. The fourth-order valence-corrected chi connectivity index (χ4v) is 1.68. The third-order valence-electron chi connectivity index (χ3n) is 2.18. The first-order valence-corrected chi connectivity index (χ1v) is 5.39. The monoisotopic (exact) mass is 272 g/mol. The summed E-state index contributed by atoms with van der Waals surface area (Å²) in [5.74, 6) is -0.433. The number of carboxylic acid groups (broad SMARTS) is 1. The van der Waals surface area contributed by atoms with Gasteiger partial charge in [-0.1, -0.05) is 13.0 Å². The standard InChI is InChI=1S/C11H13BrO3/c1-7(11(13)14)5-8-3-4-9(12)10(6-8)15-2/h3-4,6-7H,5H2,1-2H3,(H,13,14). The zero-order valence-corrected chi connectivity index (χ0v) is 10.2. The number of methoxy groups -OCH3 is 1. The van der Waals surface area contributed by atoms with E-state index in [1.54, 1.807) is 14.0 Å². The molecule has 0 heterocycles. The average molecular weight is 273 g/mol. The van der Waals surface area contributed by atoms with E-state index in [1.165, 1.54) is 0 Å². The van der Waals surface area contributed by atoms with Gasteiger partial charge in [-0.3, -0.25) is 4.79 Å². The van der Waals surface area contributed by atoms with Gasteiger partial charge in [0.25, 0.3) is 0 Å². The Balaban J connectivity index is 2.83. The first-order chi connectivity index (χ1) is 7.04. The van der Waals surface area contributed by atoms with Gasteiger partial charge >= 0.3 is 5.97 Å². The summed E-state index contributed by atoms with van der Waals surface area (Å²) in [5, 5.41) is 8.78. The molecule has 0 aliphatic rings. The molecule has 0 saturated heterocycles. The molecule has 4 heteroatoms. The Morgan fingerprint density at radius 2 is 2.27 bits per heavy atom. The Hall–Kier alpha value is -1.03. The van der Waals surface area contributed by atoms with Crippen molar-refractivity contribution in [3.63, 3.8) is 0 Å². The molecule has 0 aliphatic heterocycles. The molecule has 1 aromatic carbocycles. The van der Waals surface area contributed by atoms with Crippen molar-refractivity contribution in [3.05, 3.63) is 28.2 Å². The molecule has 1 N–H and O–H groups in total. The van der Waals surface area contributed by atoms with Crippen LogP contribution in [0.25, 0.3) is 0 Å². The van der Waals surface area contributed by atoms with Crippen LogP contribution in [0, 0.1) is 5.92 Å². The van der Waals surface area contributed by atoms with Crippen LogP contribution in [0.1, 0.15) is 12.5 Å². The molecule has 0 bridgehead atoms. The van der Waals surface area contributed by atoms with E-state index >= 15 is 0 Å². The molecule has 1 rings (SSSR count). The SMILES string of the molecule is COc1cc(CC(C)C(=O)O)ccc1Br. The third-order valence-corrected chi connectivity index (χ3v) is 2.83. The highest BCUT2D eigenvalue weighted by atomic mass is 79.9. The van der Waals surface area contributed by atoms with Crippen LogP contribution >= 0.6 is 15.9 Å². The maximum absolute atomic E-state index is 10.7. The van der Waals surface area contributed by atoms with Crippen LogP contribution in [0.2, 0.25) is 0 Å². The molecule has 1 atom stereocenters. The molecule has 0 aliphatic carbocycles. The average Bonchev–Trinajstić information content (AvgIpc) is 2.20. The molecule has 0 radical (unpaired) electrons. The molecule has 0 aromatic heterocycles. The number of hydrogen-bond donors (Lipinski definition) is 1. The molecule has 0 spiro atoms. The largest absolute Gasteiger partial charge is 0.496 e. The second kappa shape index (κ2) is 5.16. The summed E-state index contributed by atoms with van der Waals surface area (Å²) in [5.41, 5.74) is 0.963. The summed E-state index contributed by atoms with van der Waals surface area (Å²) < 4.78 is 6.01. The summed E-state index contributed by atoms with van der Waals surface area (Å²) in [6.45, 7) is 1.69. The van der Waals surface area contributed by atoms with E-state index in [9.17, 15) is 4.79 Å². The molecule has 15 heavy (non-hydrogen) atoms. The van der Waals surface area contributed by atoms with E-state index < -0.39 is 5.97 Å². The van der Waals surface area contributed by atoms with Crippen LogP contribution < -0.4 is 4.74 Å². The van der Waals surface area contributed by atoms with Crippen LogP contribution in [0.15, 0.2) is 22.7 Å². The van der Waals surface area contributed by atoms with Crippen molar-refractivity contribution >= 4 is 21.9 Å². The summed E-state index contributed by atoms with van der Waals surface area (Å²) in [6.07, 6.45) is 0.513. The molecule has 0 fully saturated rings. The highest BCUT2D eigenvalue weighted by Gasteiger charge is 2.12. The number of carboxylic acids is 1. The lowest BCUT2D eigenvalue weighted by Crippen LogP contribution is -2.12. The molecule has 1 aromatic rings. The van der Waals surface area contributed by atoms with Crippen LogP contribution in [-0.4, -0.2) is 18.2 Å². The van der Waals surface area contributed by atoms with Crippen molar-refractivity contribution < 1.29 is 14.6 Å². The van der Waals surface area contributed by atoms with E-state index in [0.29, 0.717) is 6.42 Å². The predicted octanol–water partition coefficient (Wildman–Crippen LogP) is 2.72. The molecule has 82 valence electrons. The Labute approximate surface area is 97.2 Å². The maximum atomic E-state index is 10.7. The van der Waals surface area contributed by atoms with Gasteiger partial charge < -0.3 is 9.84 Å². The fraction of sp³-hybridized carbons (Fsp3) is 0.364. The normalized spacial score (nSPS) is 12.2. The Kier molecular flexibility index (Phi) is 4.15. The lowest BCUT2D eigenvalue weighted by Gasteiger charge is -2.09. The predicted molar refractivity (Wildman–Crippen MR) is 61.2 cm³/mol. The van der Waals surface area contributed by atoms with Gasteiger partial charge in [0.15, 0.2) is 0 Å². The number of rotatable bonds is 4. The number of aliphatic carboxylic acids is 1. The number of ether oxygens (including phenoxy) is 1. The quantitative estimate of drug-likeness (QED) is 0.917. The van der Waals surface area contributed by atoms with Gasteiger partial charge in [0.1, 0.15) is 5.75 Å². The van der Waals surface area contributed by atoms with Crippen molar-refractivity contribution in [1.82, 2.24) is 0 Å². The highest BCUT2D eigenvalue weighted by molar-refractivity contribution is 9.10. The molecule has 0 saturated carbocycles. The second-order valence-corrected chi connectivity index (χ2v) is 4.27. The number of hydrogen-bond acceptors (Lipinski definition) is 2. The Morgan fingerprint density at radius 3 is 2.80 bits per heavy atom. The van der Waals surface area contributed by atoms with Crippen LogP contribution in [0.4, 0.5) is 0 Å². The topological polar surface area (TPSA) is 46.5 Å². The van der Waals surface area contributed by atoms with Crippen LogP contribution in [0.3, 0.4) is 0 Å². The third kappa shape index (κ3) is 3.23. The number of halogens is 1. The molecule has 1 unspecified atom stereocenters. The Bertz CT molecular complexity index is 363. The molecule has 3 nitrogen and oxygen atoms in total. The zero-order chi connectivity index (χ0) is 11.4. The van der Waals surface area contributed by atoms with Gasteiger partial charge in [-0.15, -0.1) is 0 Å². The smallest absolute Gasteiger partial charge is 0.306 e. The van der Waals surface area contributed by atoms with Crippen molar-refractivity contribution in [2.24, 2.45) is 5.92 Å². The van der Waals surface area contributed by atoms with E-state index in [1.807, 2.05) is 18.2 Å². The van der Waals surface area contributed by atoms with Gasteiger partial charge in [0, 0.05) is 0 Å². The molecular formula is C11H13BrO3. The lowest BCUT2D eigenvalue weighted by atomic mass is 10.0. The van der Waals surface area contributed by atoms with Gasteiger partial charge in [-0.2, -0.15) is 0 Å². The number of carbonyl (C=O) groups is 1. The van der Waals surface area contributed by atoms with E-state index in [0.717, 1.165) is 15.8 Å². The summed E-state index contributed by atoms with van der Waals surface area (Å²) in [7, 11) is 1.59.